The molecule has 2 nitrogen and oxygen atoms in total. The fraction of sp³-hybridized carbons (Fsp3) is 1.00. The highest BCUT2D eigenvalue weighted by molar-refractivity contribution is 4.79. The van der Waals surface area contributed by atoms with E-state index in [0.717, 1.165) is 17.9 Å². The predicted octanol–water partition coefficient (Wildman–Crippen LogP) is 2.50. The Bertz CT molecular complexity index is 205. The van der Waals surface area contributed by atoms with Crippen molar-refractivity contribution in [3.05, 3.63) is 0 Å². The lowest BCUT2D eigenvalue weighted by Crippen LogP contribution is -2.44. The first kappa shape index (κ1) is 12.4. The molecule has 0 aromatic rings. The maximum atomic E-state index is 3.72. The van der Waals surface area contributed by atoms with Crippen LogP contribution in [0.5, 0.6) is 0 Å². The summed E-state index contributed by atoms with van der Waals surface area (Å²) >= 11 is 0. The van der Waals surface area contributed by atoms with E-state index in [2.05, 4.69) is 24.2 Å². The quantitative estimate of drug-likeness (QED) is 0.789. The smallest absolute Gasteiger partial charge is 0.0217 e. The van der Waals surface area contributed by atoms with E-state index >= 15 is 0 Å². The molecule has 2 aliphatic rings. The Hall–Kier alpha value is -0.0800. The van der Waals surface area contributed by atoms with Crippen molar-refractivity contribution in [2.75, 3.05) is 26.7 Å². The lowest BCUT2D eigenvalue weighted by molar-refractivity contribution is 0.179. The van der Waals surface area contributed by atoms with Crippen LogP contribution >= 0.6 is 0 Å². The number of hydrogen-bond donors (Lipinski definition) is 1. The normalized spacial score (nSPS) is 36.8. The van der Waals surface area contributed by atoms with Crippen LogP contribution < -0.4 is 5.32 Å². The Morgan fingerprint density at radius 1 is 1.06 bits per heavy atom. The van der Waals surface area contributed by atoms with Crippen LogP contribution in [0.25, 0.3) is 0 Å². The van der Waals surface area contributed by atoms with Crippen molar-refractivity contribution in [2.24, 2.45) is 11.8 Å². The molecule has 1 aliphatic heterocycles. The van der Waals surface area contributed by atoms with Gasteiger partial charge < -0.3 is 10.2 Å². The van der Waals surface area contributed by atoms with Gasteiger partial charge in [0.05, 0.1) is 0 Å². The van der Waals surface area contributed by atoms with Gasteiger partial charge in [-0.15, -0.1) is 0 Å². The maximum absolute atomic E-state index is 3.72. The van der Waals surface area contributed by atoms with Crippen molar-refractivity contribution in [2.45, 2.75) is 51.5 Å². The fourth-order valence-electron chi connectivity index (χ4n) is 3.36. The van der Waals surface area contributed by atoms with Gasteiger partial charge in [0.15, 0.2) is 0 Å². The van der Waals surface area contributed by atoms with Crippen LogP contribution in [0.15, 0.2) is 0 Å². The Balaban J connectivity index is 1.63. The average Bonchev–Trinajstić information content (AvgIpc) is 2.67. The SMILES string of the molecule is CC1CCCC1CNCC1CCCCN1C. The monoisotopic (exact) mass is 224 g/mol. The average molecular weight is 224 g/mol. The Kier molecular flexibility index (Phi) is 4.66. The molecular weight excluding hydrogens is 196 g/mol. The van der Waals surface area contributed by atoms with E-state index in [1.54, 1.807) is 0 Å². The van der Waals surface area contributed by atoms with Crippen molar-refractivity contribution in [1.29, 1.82) is 0 Å². The summed E-state index contributed by atoms with van der Waals surface area (Å²) in [5, 5.41) is 3.72. The molecule has 2 fully saturated rings. The summed E-state index contributed by atoms with van der Waals surface area (Å²) in [4.78, 5) is 2.54. The highest BCUT2D eigenvalue weighted by Gasteiger charge is 2.24. The van der Waals surface area contributed by atoms with Gasteiger partial charge in [0, 0.05) is 12.6 Å². The van der Waals surface area contributed by atoms with Crippen LogP contribution in [0.3, 0.4) is 0 Å². The van der Waals surface area contributed by atoms with Gasteiger partial charge in [0.2, 0.25) is 0 Å². The minimum Gasteiger partial charge on any atom is -0.315 e. The van der Waals surface area contributed by atoms with E-state index in [1.165, 1.54) is 58.2 Å². The number of nitrogens with one attached hydrogen (secondary N) is 1. The number of piperidine rings is 1. The number of likely N-dealkylation sites (N-methyl/N-ethyl adjacent to an activating group) is 1. The lowest BCUT2D eigenvalue weighted by Gasteiger charge is -2.33. The summed E-state index contributed by atoms with van der Waals surface area (Å²) in [6, 6.07) is 0.797. The molecule has 1 aliphatic carbocycles. The molecule has 0 aromatic heterocycles. The third-order valence-corrected chi connectivity index (χ3v) is 4.75. The standard InChI is InChI=1S/C14H28N2/c1-12-6-5-7-13(12)10-15-11-14-8-3-4-9-16(14)2/h12-15H,3-11H2,1-2H3. The van der Waals surface area contributed by atoms with Crippen LogP contribution in [0.1, 0.15) is 45.4 Å². The van der Waals surface area contributed by atoms with Gasteiger partial charge in [0.25, 0.3) is 0 Å². The molecule has 0 radical (unpaired) electrons. The van der Waals surface area contributed by atoms with E-state index in [1.807, 2.05) is 0 Å². The summed E-state index contributed by atoms with van der Waals surface area (Å²) in [7, 11) is 2.28. The van der Waals surface area contributed by atoms with E-state index < -0.39 is 0 Å². The zero-order chi connectivity index (χ0) is 11.4. The number of nitrogens with zero attached hydrogens (tertiary/aromatic N) is 1. The van der Waals surface area contributed by atoms with Crippen molar-refractivity contribution < 1.29 is 0 Å². The molecule has 16 heavy (non-hydrogen) atoms. The first-order valence-corrected chi connectivity index (χ1v) is 7.18. The molecular formula is C14H28N2. The molecule has 3 atom stereocenters. The first-order chi connectivity index (χ1) is 7.77. The van der Waals surface area contributed by atoms with Gasteiger partial charge >= 0.3 is 0 Å². The van der Waals surface area contributed by atoms with Gasteiger partial charge in [-0.1, -0.05) is 26.2 Å². The molecule has 0 spiro atoms. The van der Waals surface area contributed by atoms with E-state index in [4.69, 9.17) is 0 Å². The van der Waals surface area contributed by atoms with Crippen molar-refractivity contribution in [3.8, 4) is 0 Å². The fourth-order valence-corrected chi connectivity index (χ4v) is 3.36. The van der Waals surface area contributed by atoms with E-state index in [9.17, 15) is 0 Å². The van der Waals surface area contributed by atoms with Crippen LogP contribution in [0, 0.1) is 11.8 Å². The predicted molar refractivity (Wildman–Crippen MR) is 69.6 cm³/mol. The molecule has 1 saturated carbocycles. The van der Waals surface area contributed by atoms with E-state index in [0.29, 0.717) is 0 Å². The number of hydrogen-bond acceptors (Lipinski definition) is 2. The molecule has 1 saturated heterocycles. The Morgan fingerprint density at radius 2 is 1.94 bits per heavy atom. The third kappa shape index (κ3) is 3.21. The third-order valence-electron chi connectivity index (χ3n) is 4.75. The Morgan fingerprint density at radius 3 is 2.62 bits per heavy atom. The first-order valence-electron chi connectivity index (χ1n) is 7.18. The summed E-state index contributed by atoms with van der Waals surface area (Å²) in [5.41, 5.74) is 0. The second-order valence-corrected chi connectivity index (χ2v) is 5.96. The van der Waals surface area contributed by atoms with Gasteiger partial charge in [-0.25, -0.2) is 0 Å². The zero-order valence-electron chi connectivity index (χ0n) is 11.0. The highest BCUT2D eigenvalue weighted by atomic mass is 15.2. The molecule has 2 rings (SSSR count). The van der Waals surface area contributed by atoms with Crippen LogP contribution in [0.2, 0.25) is 0 Å². The second-order valence-electron chi connectivity index (χ2n) is 5.96. The number of likely N-dealkylation sites (tertiary alicyclic amines) is 1. The van der Waals surface area contributed by atoms with Crippen molar-refractivity contribution in [3.63, 3.8) is 0 Å². The molecule has 0 bridgehead atoms. The molecule has 2 heteroatoms. The van der Waals surface area contributed by atoms with Gasteiger partial charge in [-0.3, -0.25) is 0 Å². The maximum Gasteiger partial charge on any atom is 0.0217 e. The second kappa shape index (κ2) is 6.02. The molecule has 0 amide bonds. The minimum absolute atomic E-state index is 0.797. The topological polar surface area (TPSA) is 15.3 Å². The van der Waals surface area contributed by atoms with Crippen LogP contribution in [-0.4, -0.2) is 37.6 Å². The summed E-state index contributed by atoms with van der Waals surface area (Å²) in [6.07, 6.45) is 8.58. The largest absolute Gasteiger partial charge is 0.315 e. The van der Waals surface area contributed by atoms with Crippen molar-refractivity contribution in [1.82, 2.24) is 10.2 Å². The zero-order valence-corrected chi connectivity index (χ0v) is 11.0. The summed E-state index contributed by atoms with van der Waals surface area (Å²) in [5.74, 6) is 1.91. The summed E-state index contributed by atoms with van der Waals surface area (Å²) in [6.45, 7) is 6.18. The summed E-state index contributed by atoms with van der Waals surface area (Å²) < 4.78 is 0. The molecule has 3 unspecified atom stereocenters. The lowest BCUT2D eigenvalue weighted by atomic mass is 9.97. The highest BCUT2D eigenvalue weighted by Crippen LogP contribution is 2.30. The Labute approximate surface area is 101 Å². The van der Waals surface area contributed by atoms with E-state index in [-0.39, 0.29) is 0 Å². The van der Waals surface area contributed by atoms with Crippen LogP contribution in [0.4, 0.5) is 0 Å². The van der Waals surface area contributed by atoms with Gasteiger partial charge in [-0.2, -0.15) is 0 Å². The molecule has 0 aromatic carbocycles. The number of rotatable bonds is 4. The van der Waals surface area contributed by atoms with Gasteiger partial charge in [-0.05, 0) is 51.2 Å². The van der Waals surface area contributed by atoms with Crippen molar-refractivity contribution >= 4 is 0 Å². The molecule has 1 heterocycles. The molecule has 94 valence electrons. The van der Waals surface area contributed by atoms with Gasteiger partial charge in [0.1, 0.15) is 0 Å². The molecule has 1 N–H and O–H groups in total. The minimum atomic E-state index is 0.797. The van der Waals surface area contributed by atoms with Crippen LogP contribution in [-0.2, 0) is 0 Å².